The third-order valence-corrected chi connectivity index (χ3v) is 20.5. The molecule has 1 fully saturated rings. The molecule has 2 unspecified atom stereocenters. The van der Waals surface area contributed by atoms with Crippen molar-refractivity contribution in [3.63, 3.8) is 0 Å². The summed E-state index contributed by atoms with van der Waals surface area (Å²) >= 11 is 7.22. The Bertz CT molecular complexity index is 3950. The second-order valence-corrected chi connectivity index (χ2v) is 26.9. The molecule has 1 aromatic carbocycles. The van der Waals surface area contributed by atoms with Gasteiger partial charge < -0.3 is 41.0 Å². The lowest BCUT2D eigenvalue weighted by Crippen LogP contribution is -2.40. The van der Waals surface area contributed by atoms with E-state index in [9.17, 15) is 48.6 Å². The first-order valence-electron chi connectivity index (χ1n) is 27.7. The molecule has 24 nitrogen and oxygen atoms in total. The van der Waals surface area contributed by atoms with Gasteiger partial charge in [0.15, 0.2) is 5.78 Å². The van der Waals surface area contributed by atoms with Crippen LogP contribution in [0.25, 0.3) is 43.4 Å². The Morgan fingerprint density at radius 3 is 2.18 bits per heavy atom. The Morgan fingerprint density at radius 2 is 1.45 bits per heavy atom. The summed E-state index contributed by atoms with van der Waals surface area (Å²) in [6, 6.07) is 11.3. The first-order valence-corrected chi connectivity index (χ1v) is 32.8. The molecule has 10 bridgehead atoms. The molecule has 1 saturated carbocycles. The monoisotopic (exact) mass is 1310 g/mol. The number of aryl methyl sites for hydroxylation is 1. The number of ketones is 1. The highest BCUT2D eigenvalue weighted by molar-refractivity contribution is 7.15. The molecule has 30 heteroatoms. The first-order chi connectivity index (χ1) is 42.2. The quantitative estimate of drug-likeness (QED) is 0.0625. The highest BCUT2D eigenvalue weighted by Crippen LogP contribution is 2.41. The van der Waals surface area contributed by atoms with Crippen LogP contribution in [0, 0.1) is 18.8 Å². The van der Waals surface area contributed by atoms with Crippen LogP contribution >= 0.6 is 68.0 Å². The van der Waals surface area contributed by atoms with Crippen molar-refractivity contribution < 1.29 is 58.0 Å². The fraction of sp³-hybridized carbons (Fsp3) is 0.362. The number of fused-ring (bicyclic) bond motifs is 14. The predicted molar refractivity (Wildman–Crippen MR) is 332 cm³/mol. The van der Waals surface area contributed by atoms with Crippen molar-refractivity contribution in [3.05, 3.63) is 111 Å². The molecule has 1 aliphatic heterocycles. The highest BCUT2D eigenvalue weighted by atomic mass is 32.1. The minimum absolute atomic E-state index is 0.000916. The number of benzene rings is 1. The summed E-state index contributed by atoms with van der Waals surface area (Å²) in [4.78, 5) is 143. The van der Waals surface area contributed by atoms with Gasteiger partial charge in [-0.15, -0.1) is 68.0 Å². The molecular formula is C58H58N12O12S6. The highest BCUT2D eigenvalue weighted by Gasteiger charge is 2.36. The number of thiazole rings is 6. The molecule has 88 heavy (non-hydrogen) atoms. The maximum absolute atomic E-state index is 14.4. The van der Waals surface area contributed by atoms with E-state index in [1.54, 1.807) is 29.8 Å². The number of Topliss-reactive ketones (excluding diaryl/α,β-unsaturated/α-hetero) is 1. The Balaban J connectivity index is 1.04. The number of carbonyl (C=O) groups is 8. The van der Waals surface area contributed by atoms with Crippen LogP contribution in [0.15, 0.2) is 64.0 Å². The van der Waals surface area contributed by atoms with Gasteiger partial charge in [-0.3, -0.25) is 33.6 Å². The summed E-state index contributed by atoms with van der Waals surface area (Å²) in [6.07, 6.45) is -1.30. The van der Waals surface area contributed by atoms with Gasteiger partial charge in [-0.25, -0.2) is 44.6 Å². The van der Waals surface area contributed by atoms with Gasteiger partial charge in [-0.05, 0) is 49.8 Å². The lowest BCUT2D eigenvalue weighted by atomic mass is 9.90. The second kappa shape index (κ2) is 27.5. The number of hydrogen-bond donors (Lipinski definition) is 6. The molecule has 5 amide bonds. The van der Waals surface area contributed by atoms with E-state index in [-0.39, 0.29) is 71.4 Å². The molecule has 1 aliphatic carbocycles. The van der Waals surface area contributed by atoms with Gasteiger partial charge in [0.25, 0.3) is 11.8 Å². The normalized spacial score (nSPS) is 18.6. The Kier molecular flexibility index (Phi) is 19.7. The number of carboxylic acid groups (broad SMARTS) is 2. The SMILES string of the molecule is CNC(=O)C[C@@H]1NC(=O)c2csc(n2)-c2ccc(-c3nc(N(CC(=O)O)C(=O)OC4CC[C@H](C(=O)O)C4)cs3)nc2-c2csc(n2)-c2csc(n2)[C@H]([C@@H](C)c2ccccc2)NC(=O)CNC(=O)c2nc(sc2COC)C(C(C)C)CC(=O)c2nc1sc2C. The van der Waals surface area contributed by atoms with Crippen molar-refractivity contribution in [1.29, 1.82) is 0 Å². The Labute approximate surface area is 527 Å². The fourth-order valence-corrected chi connectivity index (χ4v) is 15.7. The summed E-state index contributed by atoms with van der Waals surface area (Å²) in [6.45, 7) is 6.43. The number of hydrogen-bond acceptors (Lipinski definition) is 23. The lowest BCUT2D eigenvalue weighted by molar-refractivity contribution is -0.141. The van der Waals surface area contributed by atoms with Crippen LogP contribution in [0.4, 0.5) is 10.6 Å². The molecular weight excluding hydrogens is 1250 g/mol. The number of amides is 5. The van der Waals surface area contributed by atoms with Crippen LogP contribution in [0.2, 0.25) is 0 Å². The molecule has 6 atom stereocenters. The van der Waals surface area contributed by atoms with Gasteiger partial charge in [0, 0.05) is 64.4 Å². The Morgan fingerprint density at radius 1 is 0.739 bits per heavy atom. The number of nitrogens with one attached hydrogen (secondary N) is 4. The molecule has 0 saturated heterocycles. The summed E-state index contributed by atoms with van der Waals surface area (Å²) in [7, 11) is 2.96. The van der Waals surface area contributed by atoms with Crippen molar-refractivity contribution in [2.45, 2.75) is 96.4 Å². The van der Waals surface area contributed by atoms with Crippen LogP contribution in [-0.2, 0) is 35.3 Å². The number of rotatable bonds is 13. The van der Waals surface area contributed by atoms with Gasteiger partial charge in [0.2, 0.25) is 11.8 Å². The first kappa shape index (κ1) is 62.9. The molecule has 8 heterocycles. The summed E-state index contributed by atoms with van der Waals surface area (Å²) in [5.74, 6) is -6.45. The van der Waals surface area contributed by atoms with Crippen molar-refractivity contribution in [2.75, 3.05) is 32.1 Å². The zero-order chi connectivity index (χ0) is 62.5. The van der Waals surface area contributed by atoms with Crippen LogP contribution in [-0.4, -0.2) is 126 Å². The van der Waals surface area contributed by atoms with Crippen molar-refractivity contribution in [3.8, 4) is 43.4 Å². The van der Waals surface area contributed by atoms with Crippen LogP contribution in [0.1, 0.15) is 139 Å². The fourth-order valence-electron chi connectivity index (χ4n) is 10.0. The van der Waals surface area contributed by atoms with E-state index in [0.717, 1.165) is 33.1 Å². The molecule has 0 radical (unpaired) electrons. The standard InChI is InChI=1S/C58H58N12O12S6/c1-26(2)33-17-39(71)46-28(4)87-55(68-46)35(18-42(72)59-5)62-49(76)37-23-83-51(64-37)32-14-15-34(53-66-41(25-86-53)70(20-44(74)75)58(80)82-31-13-12-30(16-31)57(78)79)61-47(32)36-22-84-54(63-36)38-24-85-56(65-38)45(27(3)29-10-8-7-9-11-29)67-43(73)19-60-50(77)48-40(21-81-6)88-52(33)69-48/h7-11,14-15,22-27,30-31,33,35,45H,12-13,16-21H2,1-6H3,(H,59,72)(H,60,77)(H,62,76)(H,67,73)(H,74,75)(H,78,79)/t27-,30-,31?,33?,35-,45-/m0/s1. The molecule has 0 spiro atoms. The molecule has 10 rings (SSSR count). The number of pyridine rings is 1. The molecule has 8 aromatic rings. The van der Waals surface area contributed by atoms with Crippen molar-refractivity contribution in [2.24, 2.45) is 11.8 Å². The largest absolute Gasteiger partial charge is 0.481 e. The molecule has 6 N–H and O–H groups in total. The van der Waals surface area contributed by atoms with Gasteiger partial charge in [0.1, 0.15) is 77.7 Å². The minimum Gasteiger partial charge on any atom is -0.481 e. The van der Waals surface area contributed by atoms with E-state index >= 15 is 0 Å². The topological polar surface area (TPSA) is 337 Å². The van der Waals surface area contributed by atoms with Crippen LogP contribution < -0.4 is 26.2 Å². The third-order valence-electron chi connectivity index (χ3n) is 14.8. The van der Waals surface area contributed by atoms with E-state index < -0.39 is 84.8 Å². The van der Waals surface area contributed by atoms with E-state index in [4.69, 9.17) is 39.4 Å². The average molecular weight is 1310 g/mol. The maximum atomic E-state index is 14.4. The Hall–Kier alpha value is -8.13. The number of ether oxygens (including phenoxy) is 2. The van der Waals surface area contributed by atoms with Gasteiger partial charge in [-0.2, -0.15) is 0 Å². The smallest absolute Gasteiger partial charge is 0.416 e. The summed E-state index contributed by atoms with van der Waals surface area (Å²) < 4.78 is 11.1. The third kappa shape index (κ3) is 14.2. The number of aromatic nitrogens is 7. The average Bonchev–Trinajstić information content (AvgIpc) is 2.64. The maximum Gasteiger partial charge on any atom is 0.416 e. The molecule has 458 valence electrons. The van der Waals surface area contributed by atoms with E-state index in [0.29, 0.717) is 76.0 Å². The number of carboxylic acids is 2. The van der Waals surface area contributed by atoms with Gasteiger partial charge in [0.05, 0.1) is 53.2 Å². The number of nitrogens with zero attached hydrogens (tertiary/aromatic N) is 8. The van der Waals surface area contributed by atoms with E-state index in [1.165, 1.54) is 64.9 Å². The zero-order valence-electron chi connectivity index (χ0n) is 48.1. The number of anilines is 1. The molecule has 7 aromatic heterocycles. The summed E-state index contributed by atoms with van der Waals surface area (Å²) in [5.41, 5.74) is 3.05. The van der Waals surface area contributed by atoms with E-state index in [1.807, 2.05) is 56.5 Å². The summed E-state index contributed by atoms with van der Waals surface area (Å²) in [5, 5.41) is 39.9. The van der Waals surface area contributed by atoms with Crippen molar-refractivity contribution in [1.82, 2.24) is 56.2 Å². The van der Waals surface area contributed by atoms with Crippen LogP contribution in [0.3, 0.4) is 0 Å². The number of methoxy groups -OCH3 is 1. The zero-order valence-corrected chi connectivity index (χ0v) is 53.0. The van der Waals surface area contributed by atoms with E-state index in [2.05, 4.69) is 26.3 Å². The van der Waals surface area contributed by atoms with Gasteiger partial charge >= 0.3 is 18.0 Å². The van der Waals surface area contributed by atoms with Gasteiger partial charge in [-0.1, -0.05) is 51.1 Å². The number of aliphatic carboxylic acids is 2. The minimum atomic E-state index is -1.34. The number of carbonyl (C=O) groups excluding carboxylic acids is 6. The second-order valence-electron chi connectivity index (χ2n) is 21.1. The van der Waals surface area contributed by atoms with Crippen LogP contribution in [0.5, 0.6) is 0 Å². The molecule has 2 aliphatic rings. The predicted octanol–water partition coefficient (Wildman–Crippen LogP) is 9.55. The van der Waals surface area contributed by atoms with Crippen molar-refractivity contribution >= 4 is 121 Å². The lowest BCUT2D eigenvalue weighted by Gasteiger charge is -2.24.